The molecule has 0 rings (SSSR count). The van der Waals surface area contributed by atoms with Gasteiger partial charge in [0.05, 0.1) is 6.26 Å². The molecule has 10 heteroatoms. The van der Waals surface area contributed by atoms with Gasteiger partial charge in [0.15, 0.2) is 0 Å². The van der Waals surface area contributed by atoms with Crippen molar-refractivity contribution in [3.8, 4) is 0 Å². The molecular weight excluding hydrogens is 214 g/mol. The zero-order chi connectivity index (χ0) is 10.4. The summed E-state index contributed by atoms with van der Waals surface area (Å²) < 4.78 is 22.2. The second kappa shape index (κ2) is 5.45. The summed E-state index contributed by atoms with van der Waals surface area (Å²) in [5, 5.41) is 0. The smallest absolute Gasteiger partial charge is 0.413 e. The maximum Gasteiger partial charge on any atom is 0.524 e. The summed E-state index contributed by atoms with van der Waals surface area (Å²) >= 11 is 0. The predicted octanol–water partition coefficient (Wildman–Crippen LogP) is -0.689. The Kier molecular flexibility index (Phi) is 6.50. The lowest BCUT2D eigenvalue weighted by molar-refractivity contribution is 0.259. The molecule has 12 heavy (non-hydrogen) atoms. The van der Waals surface area contributed by atoms with E-state index in [9.17, 15) is 4.57 Å². The third-order valence-corrected chi connectivity index (χ3v) is 0.636. The highest BCUT2D eigenvalue weighted by molar-refractivity contribution is 7.46. The van der Waals surface area contributed by atoms with Gasteiger partial charge in [-0.05, 0) is 0 Å². The molecule has 0 aliphatic rings. The summed E-state index contributed by atoms with van der Waals surface area (Å²) in [5.74, 6) is 0. The Labute approximate surface area is 67.6 Å². The van der Waals surface area contributed by atoms with E-state index in [0.717, 1.165) is 0 Å². The highest BCUT2D eigenvalue weighted by Gasteiger charge is 2.10. The van der Waals surface area contributed by atoms with Crippen LogP contribution in [0.1, 0.15) is 0 Å². The summed E-state index contributed by atoms with van der Waals surface area (Å²) in [5.41, 5.74) is 0. The number of phosphoric acid groups is 2. The van der Waals surface area contributed by atoms with Gasteiger partial charge in [0.25, 0.3) is 0 Å². The fourth-order valence-corrected chi connectivity index (χ4v) is 0.291. The number of hydrogen-bond acceptors (Lipinski definition) is 3. The Bertz CT molecular complexity index is 201. The van der Waals surface area contributed by atoms with Gasteiger partial charge in [-0.25, -0.2) is 9.13 Å². The van der Waals surface area contributed by atoms with E-state index < -0.39 is 15.6 Å². The molecule has 0 radical (unpaired) electrons. The largest absolute Gasteiger partial charge is 0.524 e. The molecule has 0 aliphatic carbocycles. The van der Waals surface area contributed by atoms with E-state index in [4.69, 9.17) is 29.0 Å². The van der Waals surface area contributed by atoms with Crippen molar-refractivity contribution < 1.29 is 38.1 Å². The highest BCUT2D eigenvalue weighted by Crippen LogP contribution is 2.35. The standard InChI is InChI=1S/C2H5O4P.H3O4P/c1-2-6-7(3,4)5;1-5(2,3)4/h2H,1H2,(H2,3,4,5);(H3,1,2,3,4). The Balaban J connectivity index is 0. The second-order valence-corrected chi connectivity index (χ2v) is 3.49. The van der Waals surface area contributed by atoms with Crippen LogP contribution in [0.15, 0.2) is 12.8 Å². The SMILES string of the molecule is C=COP(=O)(O)O.O=P(O)(O)O. The second-order valence-electron chi connectivity index (χ2n) is 1.28. The first-order valence-corrected chi connectivity index (χ1v) is 5.29. The first-order chi connectivity index (χ1) is 5.06. The molecule has 8 nitrogen and oxygen atoms in total. The first kappa shape index (κ1) is 14.3. The van der Waals surface area contributed by atoms with Crippen molar-refractivity contribution in [1.82, 2.24) is 0 Å². The van der Waals surface area contributed by atoms with Gasteiger partial charge in [0.2, 0.25) is 0 Å². The Morgan fingerprint density at radius 1 is 1.08 bits per heavy atom. The van der Waals surface area contributed by atoms with Crippen molar-refractivity contribution in [1.29, 1.82) is 0 Å². The molecule has 0 aromatic heterocycles. The molecule has 5 N–H and O–H groups in total. The molecule has 0 spiro atoms. The molecule has 0 amide bonds. The van der Waals surface area contributed by atoms with Crippen LogP contribution in [0, 0.1) is 0 Å². The van der Waals surface area contributed by atoms with E-state index in [2.05, 4.69) is 11.1 Å². The average Bonchev–Trinajstić information content (AvgIpc) is 1.54. The van der Waals surface area contributed by atoms with Crippen LogP contribution in [0.3, 0.4) is 0 Å². The summed E-state index contributed by atoms with van der Waals surface area (Å²) in [6, 6.07) is 0. The van der Waals surface area contributed by atoms with Crippen LogP contribution in [0.4, 0.5) is 0 Å². The van der Waals surface area contributed by atoms with Crippen LogP contribution >= 0.6 is 15.6 Å². The number of rotatable bonds is 2. The molecule has 0 aromatic rings. The zero-order valence-electron chi connectivity index (χ0n) is 5.64. The van der Waals surface area contributed by atoms with Crippen molar-refractivity contribution in [3.05, 3.63) is 12.8 Å². The molecule has 0 atom stereocenters. The lowest BCUT2D eigenvalue weighted by Gasteiger charge is -1.96. The minimum atomic E-state index is -4.64. The quantitative estimate of drug-likeness (QED) is 0.305. The number of phosphoric ester groups is 1. The van der Waals surface area contributed by atoms with Crippen molar-refractivity contribution in [3.63, 3.8) is 0 Å². The maximum atomic E-state index is 9.63. The fraction of sp³-hybridized carbons (Fsp3) is 0. The Hall–Kier alpha value is -0.200. The molecule has 74 valence electrons. The minimum Gasteiger partial charge on any atom is -0.413 e. The van der Waals surface area contributed by atoms with E-state index in [1.54, 1.807) is 0 Å². The lowest BCUT2D eigenvalue weighted by Crippen LogP contribution is -1.75. The van der Waals surface area contributed by atoms with Gasteiger partial charge in [-0.15, -0.1) is 0 Å². The topological polar surface area (TPSA) is 145 Å². The van der Waals surface area contributed by atoms with Gasteiger partial charge in [-0.3, -0.25) is 9.79 Å². The fourth-order valence-electron chi connectivity index (χ4n) is 0.0971. The molecule has 0 unspecified atom stereocenters. The van der Waals surface area contributed by atoms with Crippen molar-refractivity contribution in [2.24, 2.45) is 0 Å². The van der Waals surface area contributed by atoms with Gasteiger partial charge in [0.1, 0.15) is 0 Å². The van der Waals surface area contributed by atoms with Gasteiger partial charge in [0, 0.05) is 0 Å². The van der Waals surface area contributed by atoms with E-state index in [0.29, 0.717) is 6.26 Å². The Morgan fingerprint density at radius 2 is 1.33 bits per heavy atom. The summed E-state index contributed by atoms with van der Waals surface area (Å²) in [7, 11) is -8.92. The highest BCUT2D eigenvalue weighted by atomic mass is 31.2. The molecule has 0 heterocycles. The molecule has 0 bridgehead atoms. The molecule has 0 fully saturated rings. The zero-order valence-corrected chi connectivity index (χ0v) is 7.43. The van der Waals surface area contributed by atoms with Gasteiger partial charge < -0.3 is 19.2 Å². The molecular formula is C2H8O8P2. The first-order valence-electron chi connectivity index (χ1n) is 2.19. The van der Waals surface area contributed by atoms with Crippen LogP contribution in [-0.2, 0) is 13.7 Å². The minimum absolute atomic E-state index is 0.695. The van der Waals surface area contributed by atoms with Gasteiger partial charge in [-0.1, -0.05) is 6.58 Å². The van der Waals surface area contributed by atoms with Crippen molar-refractivity contribution in [2.75, 3.05) is 0 Å². The average molecular weight is 222 g/mol. The molecule has 0 aromatic carbocycles. The summed E-state index contributed by atoms with van der Waals surface area (Å²) in [6.07, 6.45) is 0.695. The van der Waals surface area contributed by atoms with Crippen LogP contribution in [-0.4, -0.2) is 24.5 Å². The molecule has 0 saturated carbocycles. The van der Waals surface area contributed by atoms with Crippen molar-refractivity contribution in [2.45, 2.75) is 0 Å². The lowest BCUT2D eigenvalue weighted by atomic mass is 11.2. The van der Waals surface area contributed by atoms with E-state index in [-0.39, 0.29) is 0 Å². The van der Waals surface area contributed by atoms with Crippen molar-refractivity contribution >= 4 is 15.6 Å². The monoisotopic (exact) mass is 222 g/mol. The Morgan fingerprint density at radius 3 is 1.33 bits per heavy atom. The van der Waals surface area contributed by atoms with E-state index in [1.165, 1.54) is 0 Å². The molecule has 0 saturated heterocycles. The third kappa shape index (κ3) is 52.6. The van der Waals surface area contributed by atoms with E-state index in [1.807, 2.05) is 0 Å². The summed E-state index contributed by atoms with van der Waals surface area (Å²) in [6.45, 7) is 2.93. The van der Waals surface area contributed by atoms with Gasteiger partial charge >= 0.3 is 15.6 Å². The van der Waals surface area contributed by atoms with Crippen LogP contribution in [0.25, 0.3) is 0 Å². The normalized spacial score (nSPS) is 11.1. The molecule has 0 aliphatic heterocycles. The number of hydrogen-bond donors (Lipinski definition) is 5. The van der Waals surface area contributed by atoms with Crippen LogP contribution in [0.5, 0.6) is 0 Å². The van der Waals surface area contributed by atoms with Crippen LogP contribution < -0.4 is 0 Å². The van der Waals surface area contributed by atoms with Crippen LogP contribution in [0.2, 0.25) is 0 Å². The third-order valence-electron chi connectivity index (χ3n) is 0.212. The predicted molar refractivity (Wildman–Crippen MR) is 37.6 cm³/mol. The van der Waals surface area contributed by atoms with Gasteiger partial charge in [-0.2, -0.15) is 0 Å². The maximum absolute atomic E-state index is 9.63. The van der Waals surface area contributed by atoms with E-state index >= 15 is 0 Å². The summed E-state index contributed by atoms with van der Waals surface area (Å²) in [4.78, 5) is 37.2.